The summed E-state index contributed by atoms with van der Waals surface area (Å²) in [5.74, 6) is 0.743. The zero-order valence-corrected chi connectivity index (χ0v) is 18.8. The summed E-state index contributed by atoms with van der Waals surface area (Å²) in [5.41, 5.74) is 1.45. The number of benzene rings is 2. The highest BCUT2D eigenvalue weighted by atomic mass is 32.2. The van der Waals surface area contributed by atoms with Gasteiger partial charge in [-0.3, -0.25) is 10.1 Å². The SMILES string of the molecule is O=[N+]([O-])c1ccc(CSc2nnc(-c3cccc(S(=O)(=O)N4CCCCCC4)c3)o2)cc1. The van der Waals surface area contributed by atoms with Gasteiger partial charge in [0.25, 0.3) is 10.9 Å². The van der Waals surface area contributed by atoms with Gasteiger partial charge in [-0.1, -0.05) is 42.8 Å². The third-order valence-corrected chi connectivity index (χ3v) is 7.98. The van der Waals surface area contributed by atoms with Crippen molar-refractivity contribution in [2.45, 2.75) is 41.6 Å². The Morgan fingerprint density at radius 2 is 1.75 bits per heavy atom. The maximum atomic E-state index is 13.1. The molecule has 2 aromatic carbocycles. The topological polar surface area (TPSA) is 119 Å². The summed E-state index contributed by atoms with van der Waals surface area (Å²) >= 11 is 1.30. The average Bonchev–Trinajstić information content (AvgIpc) is 3.10. The molecule has 0 atom stereocenters. The molecule has 0 unspecified atom stereocenters. The van der Waals surface area contributed by atoms with Gasteiger partial charge in [0.05, 0.1) is 9.82 Å². The Bertz CT molecular complexity index is 1190. The molecule has 9 nitrogen and oxygen atoms in total. The molecule has 32 heavy (non-hydrogen) atoms. The van der Waals surface area contributed by atoms with Crippen LogP contribution in [-0.4, -0.2) is 40.9 Å². The number of nitro benzene ring substituents is 1. The summed E-state index contributed by atoms with van der Waals surface area (Å²) in [6.45, 7) is 1.08. The third kappa shape index (κ3) is 5.17. The Morgan fingerprint density at radius 3 is 2.44 bits per heavy atom. The first-order valence-electron chi connectivity index (χ1n) is 10.2. The molecule has 1 aliphatic heterocycles. The van der Waals surface area contributed by atoms with Gasteiger partial charge in [0, 0.05) is 36.5 Å². The molecule has 1 aliphatic rings. The van der Waals surface area contributed by atoms with E-state index >= 15 is 0 Å². The summed E-state index contributed by atoms with van der Waals surface area (Å²) < 4.78 is 33.4. The lowest BCUT2D eigenvalue weighted by molar-refractivity contribution is -0.384. The van der Waals surface area contributed by atoms with Crippen LogP contribution in [0.4, 0.5) is 5.69 Å². The standard InChI is InChI=1S/C21H22N4O5S2/c26-25(27)18-10-8-16(9-11-18)15-31-21-23-22-20(30-21)17-6-5-7-19(14-17)32(28,29)24-12-3-1-2-4-13-24/h5-11,14H,1-4,12-13,15H2. The first-order valence-corrected chi connectivity index (χ1v) is 12.7. The molecule has 3 aromatic rings. The van der Waals surface area contributed by atoms with Gasteiger partial charge in [0.15, 0.2) is 0 Å². The molecular formula is C21H22N4O5S2. The molecule has 0 aliphatic carbocycles. The second-order valence-corrected chi connectivity index (χ2v) is 10.3. The van der Waals surface area contributed by atoms with E-state index in [0.29, 0.717) is 29.6 Å². The third-order valence-electron chi connectivity index (χ3n) is 5.20. The second-order valence-electron chi connectivity index (χ2n) is 7.43. The summed E-state index contributed by atoms with van der Waals surface area (Å²) in [4.78, 5) is 10.5. The van der Waals surface area contributed by atoms with Gasteiger partial charge in [-0.15, -0.1) is 10.2 Å². The van der Waals surface area contributed by atoms with E-state index in [4.69, 9.17) is 4.42 Å². The smallest absolute Gasteiger partial charge is 0.277 e. The van der Waals surface area contributed by atoms with Crippen LogP contribution in [0, 0.1) is 10.1 Å². The van der Waals surface area contributed by atoms with Crippen molar-refractivity contribution in [1.29, 1.82) is 0 Å². The minimum Gasteiger partial charge on any atom is -0.411 e. The van der Waals surface area contributed by atoms with Crippen LogP contribution in [0.15, 0.2) is 63.1 Å². The lowest BCUT2D eigenvalue weighted by Crippen LogP contribution is -2.31. The number of aromatic nitrogens is 2. The second kappa shape index (κ2) is 9.80. The molecule has 11 heteroatoms. The van der Waals surface area contributed by atoms with Crippen LogP contribution in [0.5, 0.6) is 0 Å². The first kappa shape index (κ1) is 22.4. The molecule has 168 valence electrons. The molecule has 1 fully saturated rings. The van der Waals surface area contributed by atoms with Crippen molar-refractivity contribution in [3.8, 4) is 11.5 Å². The number of nitrogens with zero attached hydrogens (tertiary/aromatic N) is 4. The van der Waals surface area contributed by atoms with Crippen LogP contribution < -0.4 is 0 Å². The highest BCUT2D eigenvalue weighted by Crippen LogP contribution is 2.28. The van der Waals surface area contributed by atoms with Crippen molar-refractivity contribution in [2.75, 3.05) is 13.1 Å². The Morgan fingerprint density at radius 1 is 1.03 bits per heavy atom. The fourth-order valence-corrected chi connectivity index (χ4v) is 5.75. The summed E-state index contributed by atoms with van der Waals surface area (Å²) in [6, 6.07) is 12.8. The molecule has 0 N–H and O–H groups in total. The van der Waals surface area contributed by atoms with Crippen molar-refractivity contribution in [2.24, 2.45) is 0 Å². The van der Waals surface area contributed by atoms with E-state index in [2.05, 4.69) is 10.2 Å². The molecule has 0 radical (unpaired) electrons. The van der Waals surface area contributed by atoms with Crippen LogP contribution in [0.2, 0.25) is 0 Å². The number of thioether (sulfide) groups is 1. The minimum absolute atomic E-state index is 0.0360. The lowest BCUT2D eigenvalue weighted by Gasteiger charge is -2.20. The fraction of sp³-hybridized carbons (Fsp3) is 0.333. The van der Waals surface area contributed by atoms with E-state index in [1.54, 1.807) is 40.7 Å². The Balaban J connectivity index is 1.46. The van der Waals surface area contributed by atoms with E-state index in [1.807, 2.05) is 0 Å². The molecule has 1 saturated heterocycles. The van der Waals surface area contributed by atoms with E-state index in [1.165, 1.54) is 23.9 Å². The molecule has 0 spiro atoms. The number of rotatable bonds is 7. The molecule has 2 heterocycles. The largest absolute Gasteiger partial charge is 0.411 e. The molecule has 0 saturated carbocycles. The lowest BCUT2D eigenvalue weighted by atomic mass is 10.2. The summed E-state index contributed by atoms with van der Waals surface area (Å²) in [7, 11) is -3.57. The van der Waals surface area contributed by atoms with Gasteiger partial charge in [0.1, 0.15) is 0 Å². The molecular weight excluding hydrogens is 452 g/mol. The van der Waals surface area contributed by atoms with Crippen LogP contribution in [-0.2, 0) is 15.8 Å². The quantitative estimate of drug-likeness (QED) is 0.279. The average molecular weight is 475 g/mol. The van der Waals surface area contributed by atoms with Crippen molar-refractivity contribution in [3.05, 3.63) is 64.2 Å². The van der Waals surface area contributed by atoms with E-state index < -0.39 is 14.9 Å². The van der Waals surface area contributed by atoms with Gasteiger partial charge >= 0.3 is 0 Å². The molecule has 0 bridgehead atoms. The van der Waals surface area contributed by atoms with Gasteiger partial charge < -0.3 is 4.42 Å². The molecule has 4 rings (SSSR count). The van der Waals surface area contributed by atoms with E-state index in [9.17, 15) is 18.5 Å². The van der Waals surface area contributed by atoms with Crippen molar-refractivity contribution >= 4 is 27.5 Å². The van der Waals surface area contributed by atoms with Gasteiger partial charge in [-0.05, 0) is 36.6 Å². The number of non-ortho nitro benzene ring substituents is 1. The van der Waals surface area contributed by atoms with Crippen LogP contribution in [0.1, 0.15) is 31.2 Å². The zero-order valence-electron chi connectivity index (χ0n) is 17.2. The number of hydrogen-bond donors (Lipinski definition) is 0. The Labute approximate surface area is 190 Å². The van der Waals surface area contributed by atoms with Crippen LogP contribution in [0.25, 0.3) is 11.5 Å². The minimum atomic E-state index is -3.57. The van der Waals surface area contributed by atoms with Crippen molar-refractivity contribution in [1.82, 2.24) is 14.5 Å². The predicted octanol–water partition coefficient (Wildman–Crippen LogP) is 4.50. The van der Waals surface area contributed by atoms with E-state index in [0.717, 1.165) is 31.2 Å². The number of hydrogen-bond acceptors (Lipinski definition) is 8. The Hall–Kier alpha value is -2.76. The van der Waals surface area contributed by atoms with Crippen molar-refractivity contribution in [3.63, 3.8) is 0 Å². The van der Waals surface area contributed by atoms with Crippen molar-refractivity contribution < 1.29 is 17.8 Å². The Kier molecular flexibility index (Phi) is 6.87. The maximum Gasteiger partial charge on any atom is 0.277 e. The zero-order chi connectivity index (χ0) is 22.6. The monoisotopic (exact) mass is 474 g/mol. The van der Waals surface area contributed by atoms with Gasteiger partial charge in [0.2, 0.25) is 15.9 Å². The maximum absolute atomic E-state index is 13.1. The number of nitro groups is 1. The summed E-state index contributed by atoms with van der Waals surface area (Å²) in [5, 5.41) is 19.2. The van der Waals surface area contributed by atoms with Gasteiger partial charge in [-0.2, -0.15) is 4.31 Å². The predicted molar refractivity (Wildman–Crippen MR) is 120 cm³/mol. The highest BCUT2D eigenvalue weighted by Gasteiger charge is 2.25. The molecule has 1 aromatic heterocycles. The highest BCUT2D eigenvalue weighted by molar-refractivity contribution is 7.98. The van der Waals surface area contributed by atoms with Crippen LogP contribution >= 0.6 is 11.8 Å². The normalized spacial score (nSPS) is 15.4. The summed E-state index contributed by atoms with van der Waals surface area (Å²) in [6.07, 6.45) is 3.85. The van der Waals surface area contributed by atoms with Crippen LogP contribution in [0.3, 0.4) is 0 Å². The first-order chi connectivity index (χ1) is 15.4. The van der Waals surface area contributed by atoms with E-state index in [-0.39, 0.29) is 16.5 Å². The fourth-order valence-electron chi connectivity index (χ4n) is 3.46. The number of sulfonamides is 1. The molecule has 0 amide bonds. The van der Waals surface area contributed by atoms with Gasteiger partial charge in [-0.25, -0.2) is 8.42 Å².